The van der Waals surface area contributed by atoms with Gasteiger partial charge in [0.05, 0.1) is 6.61 Å². The molecule has 1 rings (SSSR count). The highest BCUT2D eigenvalue weighted by Crippen LogP contribution is 2.02. The van der Waals surface area contributed by atoms with Crippen LogP contribution in [0.3, 0.4) is 0 Å². The first-order valence-electron chi connectivity index (χ1n) is 4.53. The van der Waals surface area contributed by atoms with E-state index in [1.54, 1.807) is 25.1 Å². The molecule has 0 aliphatic carbocycles. The number of hydrogen-bond donors (Lipinski definition) is 1. The minimum Gasteiger partial charge on any atom is -0.367 e. The van der Waals surface area contributed by atoms with Crippen LogP contribution in [-0.4, -0.2) is 43.4 Å². The molecule has 1 amide bonds. The summed E-state index contributed by atoms with van der Waals surface area (Å²) < 4.78 is 5.07. The molecule has 0 bridgehead atoms. The number of carbonyl (C=O) groups excluding carboxylic acids is 1. The van der Waals surface area contributed by atoms with E-state index in [1.807, 2.05) is 13.8 Å². The number of nitrogens with zero attached hydrogens (tertiary/aromatic N) is 1. The maximum atomic E-state index is 10.9. The van der Waals surface area contributed by atoms with Gasteiger partial charge in [0.25, 0.3) is 5.91 Å². The maximum Gasteiger partial charge on any atom is 0.251 e. The van der Waals surface area contributed by atoms with Gasteiger partial charge in [0.15, 0.2) is 0 Å². The van der Waals surface area contributed by atoms with E-state index in [2.05, 4.69) is 12.6 Å². The first-order chi connectivity index (χ1) is 6.22. The van der Waals surface area contributed by atoms with Gasteiger partial charge in [-0.2, -0.15) is 12.6 Å². The van der Waals surface area contributed by atoms with Crippen LogP contribution < -0.4 is 0 Å². The molecule has 3 nitrogen and oxygen atoms in total. The normalized spacial score (nSPS) is 20.9. The topological polar surface area (TPSA) is 29.5 Å². The van der Waals surface area contributed by atoms with Gasteiger partial charge in [-0.1, -0.05) is 13.8 Å². The van der Waals surface area contributed by atoms with E-state index in [0.29, 0.717) is 6.61 Å². The van der Waals surface area contributed by atoms with Crippen LogP contribution in [-0.2, 0) is 9.53 Å². The summed E-state index contributed by atoms with van der Waals surface area (Å²) in [5, 5.41) is 0. The minimum absolute atomic E-state index is 0.0845. The van der Waals surface area contributed by atoms with Gasteiger partial charge >= 0.3 is 0 Å². The second kappa shape index (κ2) is 9.86. The van der Waals surface area contributed by atoms with Crippen molar-refractivity contribution in [2.75, 3.05) is 26.5 Å². The molecule has 0 aromatic rings. The largest absolute Gasteiger partial charge is 0.367 e. The van der Waals surface area contributed by atoms with Crippen LogP contribution in [0.2, 0.25) is 0 Å². The van der Waals surface area contributed by atoms with Crippen LogP contribution >= 0.6 is 12.6 Å². The van der Waals surface area contributed by atoms with Crippen LogP contribution in [0.4, 0.5) is 0 Å². The molecule has 0 spiro atoms. The van der Waals surface area contributed by atoms with Crippen LogP contribution in [0, 0.1) is 0 Å². The quantitative estimate of drug-likeness (QED) is 0.609. The van der Waals surface area contributed by atoms with Crippen molar-refractivity contribution in [1.82, 2.24) is 4.90 Å². The lowest BCUT2D eigenvalue weighted by Crippen LogP contribution is -2.43. The highest BCUT2D eigenvalue weighted by atomic mass is 32.1. The molecule has 1 heterocycles. The van der Waals surface area contributed by atoms with Gasteiger partial charge < -0.3 is 9.64 Å². The average molecular weight is 207 g/mol. The highest BCUT2D eigenvalue weighted by molar-refractivity contribution is 7.79. The van der Waals surface area contributed by atoms with Gasteiger partial charge in [0.1, 0.15) is 6.10 Å². The van der Waals surface area contributed by atoms with Crippen LogP contribution in [0.5, 0.6) is 0 Å². The Morgan fingerprint density at radius 2 is 1.92 bits per heavy atom. The lowest BCUT2D eigenvalue weighted by Gasteiger charge is -2.26. The van der Waals surface area contributed by atoms with Gasteiger partial charge in [-0.15, -0.1) is 0 Å². The summed E-state index contributed by atoms with van der Waals surface area (Å²) in [5.41, 5.74) is 0. The number of morpholine rings is 1. The standard InChI is InChI=1S/C6H11NO2.C2H6.CH4S/c1-5-6(8)7(2)3-4-9-5;2*1-2/h5H,3-4H2,1-2H3;1-2H3;2H,1H3. The van der Waals surface area contributed by atoms with Gasteiger partial charge in [-0.25, -0.2) is 0 Å². The number of ether oxygens (including phenoxy) is 1. The predicted molar refractivity (Wildman–Crippen MR) is 59.3 cm³/mol. The smallest absolute Gasteiger partial charge is 0.251 e. The van der Waals surface area contributed by atoms with Crippen molar-refractivity contribution in [3.63, 3.8) is 0 Å². The van der Waals surface area contributed by atoms with Crippen molar-refractivity contribution >= 4 is 18.5 Å². The second-order valence-electron chi connectivity index (χ2n) is 2.27. The molecule has 0 N–H and O–H groups in total. The van der Waals surface area contributed by atoms with Crippen LogP contribution in [0.1, 0.15) is 20.8 Å². The van der Waals surface area contributed by atoms with E-state index in [9.17, 15) is 4.79 Å². The molecular weight excluding hydrogens is 186 g/mol. The number of hydrogen-bond acceptors (Lipinski definition) is 3. The van der Waals surface area contributed by atoms with Crippen LogP contribution in [0.15, 0.2) is 0 Å². The van der Waals surface area contributed by atoms with Crippen molar-refractivity contribution in [3.8, 4) is 0 Å². The van der Waals surface area contributed by atoms with Gasteiger partial charge in [-0.05, 0) is 13.2 Å². The zero-order chi connectivity index (χ0) is 10.9. The SMILES string of the molecule is CC.CC1OCCN(C)C1=O.CS. The van der Waals surface area contributed by atoms with E-state index in [1.165, 1.54) is 0 Å². The summed E-state index contributed by atoms with van der Waals surface area (Å²) in [5.74, 6) is 0.0845. The molecule has 1 atom stereocenters. The zero-order valence-electron chi connectivity index (χ0n) is 9.20. The van der Waals surface area contributed by atoms with E-state index in [4.69, 9.17) is 4.74 Å². The molecule has 1 unspecified atom stereocenters. The van der Waals surface area contributed by atoms with Crippen molar-refractivity contribution in [1.29, 1.82) is 0 Å². The molecule has 0 radical (unpaired) electrons. The Balaban J connectivity index is 0. The Kier molecular flexibility index (Phi) is 11.6. The molecule has 13 heavy (non-hydrogen) atoms. The highest BCUT2D eigenvalue weighted by Gasteiger charge is 2.21. The number of likely N-dealkylation sites (N-methyl/N-ethyl adjacent to an activating group) is 1. The predicted octanol–water partition coefficient (Wildman–Crippen LogP) is 1.44. The van der Waals surface area contributed by atoms with Gasteiger partial charge in [0.2, 0.25) is 0 Å². The molecular formula is C9H21NO2S. The summed E-state index contributed by atoms with van der Waals surface area (Å²) >= 11 is 3.53. The van der Waals surface area contributed by atoms with Crippen molar-refractivity contribution in [2.45, 2.75) is 26.9 Å². The molecule has 0 aromatic heterocycles. The monoisotopic (exact) mass is 207 g/mol. The van der Waals surface area contributed by atoms with Crippen molar-refractivity contribution in [2.24, 2.45) is 0 Å². The summed E-state index contributed by atoms with van der Waals surface area (Å²) in [6, 6.07) is 0. The Labute approximate surface area is 86.9 Å². The minimum atomic E-state index is -0.233. The lowest BCUT2D eigenvalue weighted by atomic mass is 10.3. The summed E-state index contributed by atoms with van der Waals surface area (Å²) in [6.45, 7) is 7.17. The van der Waals surface area contributed by atoms with E-state index in [-0.39, 0.29) is 12.0 Å². The molecule has 1 saturated heterocycles. The number of amides is 1. The Morgan fingerprint density at radius 3 is 2.23 bits per heavy atom. The van der Waals surface area contributed by atoms with Gasteiger partial charge in [-0.3, -0.25) is 4.79 Å². The fourth-order valence-electron chi connectivity index (χ4n) is 0.858. The third-order valence-corrected chi connectivity index (χ3v) is 1.52. The zero-order valence-corrected chi connectivity index (χ0v) is 10.1. The van der Waals surface area contributed by atoms with Crippen molar-refractivity contribution in [3.05, 3.63) is 0 Å². The fraction of sp³-hybridized carbons (Fsp3) is 0.889. The summed E-state index contributed by atoms with van der Waals surface area (Å²) in [6.07, 6.45) is 1.46. The first kappa shape index (κ1) is 15.3. The molecule has 0 aromatic carbocycles. The summed E-state index contributed by atoms with van der Waals surface area (Å²) in [7, 11) is 1.79. The van der Waals surface area contributed by atoms with Crippen LogP contribution in [0.25, 0.3) is 0 Å². The second-order valence-corrected chi connectivity index (χ2v) is 2.27. The maximum absolute atomic E-state index is 10.9. The summed E-state index contributed by atoms with van der Waals surface area (Å²) in [4.78, 5) is 12.6. The van der Waals surface area contributed by atoms with Crippen molar-refractivity contribution < 1.29 is 9.53 Å². The molecule has 80 valence electrons. The fourth-order valence-corrected chi connectivity index (χ4v) is 0.858. The Morgan fingerprint density at radius 1 is 1.46 bits per heavy atom. The number of thiol groups is 1. The molecule has 1 fully saturated rings. The molecule has 0 saturated carbocycles. The molecule has 1 aliphatic heterocycles. The van der Waals surface area contributed by atoms with E-state index < -0.39 is 0 Å². The number of carbonyl (C=O) groups is 1. The van der Waals surface area contributed by atoms with E-state index >= 15 is 0 Å². The average Bonchev–Trinajstić information content (AvgIpc) is 2.20. The van der Waals surface area contributed by atoms with E-state index in [0.717, 1.165) is 6.54 Å². The third-order valence-electron chi connectivity index (χ3n) is 1.52. The molecule has 1 aliphatic rings. The number of rotatable bonds is 0. The third kappa shape index (κ3) is 5.93. The Hall–Kier alpha value is -0.220. The lowest BCUT2D eigenvalue weighted by molar-refractivity contribution is -0.149. The van der Waals surface area contributed by atoms with Gasteiger partial charge in [0, 0.05) is 13.6 Å². The molecule has 4 heteroatoms. The first-order valence-corrected chi connectivity index (χ1v) is 5.42. The Bertz CT molecular complexity index is 119.